The molecule has 1 N–H and O–H groups in total. The molecule has 5 nitrogen and oxygen atoms in total. The second-order valence-corrected chi connectivity index (χ2v) is 8.90. The Hall–Kier alpha value is -1.72. The number of carbonyl (C=O) groups is 2. The molecule has 28 heavy (non-hydrogen) atoms. The van der Waals surface area contributed by atoms with Gasteiger partial charge in [-0.1, -0.05) is 30.3 Å². The number of likely N-dealkylation sites (tertiary alicyclic amines) is 1. The van der Waals surface area contributed by atoms with Gasteiger partial charge in [0.1, 0.15) is 0 Å². The Morgan fingerprint density at radius 1 is 1.18 bits per heavy atom. The standard InChI is InChI=1S/C23H36N2O3/c1-18(2)24(5)21(27)22(3,4)23(28)13-16-25(17-14-23)15-9-12-20(26)19-10-7-6-8-11-19/h6-8,10-11,18,28H,9,12-17H2,1-5H3. The van der Waals surface area contributed by atoms with Crippen molar-refractivity contribution in [2.24, 2.45) is 5.41 Å². The summed E-state index contributed by atoms with van der Waals surface area (Å²) in [5, 5.41) is 11.3. The molecular weight excluding hydrogens is 352 g/mol. The summed E-state index contributed by atoms with van der Waals surface area (Å²) in [4.78, 5) is 29.1. The molecule has 0 aromatic heterocycles. The number of rotatable bonds is 8. The van der Waals surface area contributed by atoms with Crippen LogP contribution in [0, 0.1) is 5.41 Å². The lowest BCUT2D eigenvalue weighted by atomic mass is 9.68. The van der Waals surface area contributed by atoms with Crippen LogP contribution in [-0.2, 0) is 4.79 Å². The zero-order valence-electron chi connectivity index (χ0n) is 18.1. The predicted molar refractivity (Wildman–Crippen MR) is 112 cm³/mol. The van der Waals surface area contributed by atoms with Gasteiger partial charge >= 0.3 is 0 Å². The molecule has 1 aliphatic rings. The molecule has 1 aromatic carbocycles. The van der Waals surface area contributed by atoms with E-state index in [2.05, 4.69) is 4.90 Å². The summed E-state index contributed by atoms with van der Waals surface area (Å²) in [7, 11) is 1.80. The van der Waals surface area contributed by atoms with E-state index in [1.807, 2.05) is 58.0 Å². The Balaban J connectivity index is 1.84. The molecule has 1 heterocycles. The molecular formula is C23H36N2O3. The first-order valence-electron chi connectivity index (χ1n) is 10.4. The van der Waals surface area contributed by atoms with Crippen LogP contribution in [0.15, 0.2) is 30.3 Å². The third kappa shape index (κ3) is 5.00. The zero-order valence-corrected chi connectivity index (χ0v) is 18.1. The summed E-state index contributed by atoms with van der Waals surface area (Å²) >= 11 is 0. The number of hydrogen-bond donors (Lipinski definition) is 1. The largest absolute Gasteiger partial charge is 0.389 e. The molecule has 0 saturated carbocycles. The van der Waals surface area contributed by atoms with Gasteiger partial charge < -0.3 is 14.9 Å². The highest BCUT2D eigenvalue weighted by molar-refractivity contribution is 5.95. The van der Waals surface area contributed by atoms with E-state index < -0.39 is 11.0 Å². The molecule has 156 valence electrons. The first-order chi connectivity index (χ1) is 13.1. The topological polar surface area (TPSA) is 60.9 Å². The van der Waals surface area contributed by atoms with E-state index in [9.17, 15) is 14.7 Å². The minimum atomic E-state index is -0.996. The van der Waals surface area contributed by atoms with Gasteiger partial charge in [0.25, 0.3) is 0 Å². The van der Waals surface area contributed by atoms with E-state index in [0.717, 1.165) is 31.6 Å². The Morgan fingerprint density at radius 2 is 1.75 bits per heavy atom. The van der Waals surface area contributed by atoms with E-state index in [4.69, 9.17) is 0 Å². The number of hydrogen-bond acceptors (Lipinski definition) is 4. The van der Waals surface area contributed by atoms with Crippen LogP contribution in [0.5, 0.6) is 0 Å². The van der Waals surface area contributed by atoms with Gasteiger partial charge in [-0.3, -0.25) is 9.59 Å². The lowest BCUT2D eigenvalue weighted by Crippen LogP contribution is -2.59. The molecule has 0 bridgehead atoms. The number of carbonyl (C=O) groups excluding carboxylic acids is 2. The van der Waals surface area contributed by atoms with Crippen molar-refractivity contribution in [2.45, 2.75) is 65.0 Å². The minimum Gasteiger partial charge on any atom is -0.389 e. The first-order valence-corrected chi connectivity index (χ1v) is 10.4. The summed E-state index contributed by atoms with van der Waals surface area (Å²) < 4.78 is 0. The van der Waals surface area contributed by atoms with Crippen molar-refractivity contribution >= 4 is 11.7 Å². The van der Waals surface area contributed by atoms with E-state index in [-0.39, 0.29) is 17.7 Å². The Morgan fingerprint density at radius 3 is 2.29 bits per heavy atom. The highest BCUT2D eigenvalue weighted by atomic mass is 16.3. The van der Waals surface area contributed by atoms with Gasteiger partial charge in [-0.05, 0) is 53.5 Å². The molecule has 2 rings (SSSR count). The minimum absolute atomic E-state index is 0.00749. The van der Waals surface area contributed by atoms with E-state index in [1.165, 1.54) is 0 Å². The normalized spacial score (nSPS) is 17.5. The number of piperidine rings is 1. The van der Waals surface area contributed by atoms with Gasteiger partial charge in [-0.15, -0.1) is 0 Å². The van der Waals surface area contributed by atoms with Crippen LogP contribution in [0.2, 0.25) is 0 Å². The zero-order chi connectivity index (χ0) is 20.9. The van der Waals surface area contributed by atoms with Gasteiger partial charge in [0.05, 0.1) is 11.0 Å². The van der Waals surface area contributed by atoms with Gasteiger partial charge in [-0.25, -0.2) is 0 Å². The third-order valence-electron chi connectivity index (χ3n) is 6.45. The van der Waals surface area contributed by atoms with Crippen molar-refractivity contribution in [1.82, 2.24) is 9.80 Å². The van der Waals surface area contributed by atoms with Crippen molar-refractivity contribution in [3.8, 4) is 0 Å². The maximum atomic E-state index is 12.9. The fraction of sp³-hybridized carbons (Fsp3) is 0.652. The average Bonchev–Trinajstić information content (AvgIpc) is 2.68. The highest BCUT2D eigenvalue weighted by Gasteiger charge is 2.51. The lowest BCUT2D eigenvalue weighted by molar-refractivity contribution is -0.164. The summed E-state index contributed by atoms with van der Waals surface area (Å²) in [6, 6.07) is 9.51. The Labute approximate surface area is 169 Å². The van der Waals surface area contributed by atoms with Crippen LogP contribution >= 0.6 is 0 Å². The number of benzene rings is 1. The molecule has 0 aliphatic carbocycles. The number of nitrogens with zero attached hydrogens (tertiary/aromatic N) is 2. The van der Waals surface area contributed by atoms with Crippen molar-refractivity contribution in [3.63, 3.8) is 0 Å². The second-order valence-electron chi connectivity index (χ2n) is 8.90. The number of aliphatic hydroxyl groups is 1. The molecule has 0 spiro atoms. The number of ketones is 1. The maximum Gasteiger partial charge on any atom is 0.231 e. The fourth-order valence-corrected chi connectivity index (χ4v) is 3.88. The molecule has 1 amide bonds. The van der Waals surface area contributed by atoms with E-state index in [0.29, 0.717) is 19.3 Å². The lowest BCUT2D eigenvalue weighted by Gasteiger charge is -2.48. The van der Waals surface area contributed by atoms with Crippen LogP contribution in [-0.4, -0.2) is 64.9 Å². The second kappa shape index (κ2) is 9.19. The quantitative estimate of drug-likeness (QED) is 0.694. The first kappa shape index (κ1) is 22.6. The van der Waals surface area contributed by atoms with Crippen LogP contribution < -0.4 is 0 Å². The average molecular weight is 389 g/mol. The number of amides is 1. The molecule has 1 aromatic rings. The van der Waals surface area contributed by atoms with Crippen LogP contribution in [0.4, 0.5) is 0 Å². The molecule has 0 unspecified atom stereocenters. The summed E-state index contributed by atoms with van der Waals surface area (Å²) in [5.41, 5.74) is -1.05. The molecule has 5 heteroatoms. The van der Waals surface area contributed by atoms with Gasteiger partial charge in [-0.2, -0.15) is 0 Å². The molecule has 1 aliphatic heterocycles. The van der Waals surface area contributed by atoms with Crippen molar-refractivity contribution < 1.29 is 14.7 Å². The Kier molecular flexibility index (Phi) is 7.40. The van der Waals surface area contributed by atoms with E-state index >= 15 is 0 Å². The summed E-state index contributed by atoms with van der Waals surface area (Å²) in [5.74, 6) is 0.171. The molecule has 0 atom stereocenters. The van der Waals surface area contributed by atoms with E-state index in [1.54, 1.807) is 11.9 Å². The SMILES string of the molecule is CC(C)N(C)C(=O)C(C)(C)C1(O)CCN(CCCC(=O)c2ccccc2)CC1. The van der Waals surface area contributed by atoms with Gasteiger partial charge in [0, 0.05) is 38.2 Å². The van der Waals surface area contributed by atoms with Crippen molar-refractivity contribution in [1.29, 1.82) is 0 Å². The fourth-order valence-electron chi connectivity index (χ4n) is 3.88. The Bertz CT molecular complexity index is 662. The van der Waals surface area contributed by atoms with Gasteiger partial charge in [0.2, 0.25) is 5.91 Å². The van der Waals surface area contributed by atoms with Crippen molar-refractivity contribution in [2.75, 3.05) is 26.7 Å². The molecule has 1 saturated heterocycles. The maximum absolute atomic E-state index is 12.9. The third-order valence-corrected chi connectivity index (χ3v) is 6.45. The highest BCUT2D eigenvalue weighted by Crippen LogP contribution is 2.40. The number of Topliss-reactive ketones (excluding diaryl/α,β-unsaturated/α-hetero) is 1. The summed E-state index contributed by atoms with van der Waals surface area (Å²) in [6.45, 7) is 10.0. The van der Waals surface area contributed by atoms with Crippen LogP contribution in [0.3, 0.4) is 0 Å². The molecule has 1 fully saturated rings. The van der Waals surface area contributed by atoms with Crippen LogP contribution in [0.1, 0.15) is 63.7 Å². The smallest absolute Gasteiger partial charge is 0.231 e. The molecule has 0 radical (unpaired) electrons. The van der Waals surface area contributed by atoms with Crippen LogP contribution in [0.25, 0.3) is 0 Å². The van der Waals surface area contributed by atoms with Crippen molar-refractivity contribution in [3.05, 3.63) is 35.9 Å². The van der Waals surface area contributed by atoms with Gasteiger partial charge in [0.15, 0.2) is 5.78 Å². The summed E-state index contributed by atoms with van der Waals surface area (Å²) in [6.07, 6.45) is 2.49. The monoisotopic (exact) mass is 388 g/mol. The predicted octanol–water partition coefficient (Wildman–Crippen LogP) is 3.37.